The van der Waals surface area contributed by atoms with Gasteiger partial charge in [-0.3, -0.25) is 9.20 Å². The molecule has 1 fully saturated rings. The summed E-state index contributed by atoms with van der Waals surface area (Å²) in [7, 11) is 1.40. The molecule has 1 saturated heterocycles. The quantitative estimate of drug-likeness (QED) is 0.726. The summed E-state index contributed by atoms with van der Waals surface area (Å²) in [5.41, 5.74) is 1.12. The molecule has 1 aliphatic heterocycles. The van der Waals surface area contributed by atoms with Gasteiger partial charge in [-0.2, -0.15) is 0 Å². The predicted molar refractivity (Wildman–Crippen MR) is 93.8 cm³/mol. The average molecular weight is 354 g/mol. The van der Waals surface area contributed by atoms with Crippen molar-refractivity contribution in [3.8, 4) is 5.75 Å². The number of ether oxygens (including phenoxy) is 1. The van der Waals surface area contributed by atoms with Crippen LogP contribution in [0.15, 0.2) is 42.6 Å². The van der Waals surface area contributed by atoms with E-state index < -0.39 is 5.82 Å². The van der Waals surface area contributed by atoms with E-state index in [0.717, 1.165) is 24.3 Å². The van der Waals surface area contributed by atoms with Gasteiger partial charge >= 0.3 is 0 Å². The smallest absolute Gasteiger partial charge is 0.253 e. The molecule has 7 heteroatoms. The maximum Gasteiger partial charge on any atom is 0.253 e. The molecule has 6 nitrogen and oxygen atoms in total. The van der Waals surface area contributed by atoms with Gasteiger partial charge in [0, 0.05) is 30.8 Å². The Labute approximate surface area is 150 Å². The fraction of sp³-hybridized carbons (Fsp3) is 0.316. The molecule has 1 aromatic carbocycles. The van der Waals surface area contributed by atoms with Crippen molar-refractivity contribution >= 4 is 11.6 Å². The lowest BCUT2D eigenvalue weighted by atomic mass is 9.96. The van der Waals surface area contributed by atoms with Crippen molar-refractivity contribution in [1.82, 2.24) is 19.5 Å². The summed E-state index contributed by atoms with van der Waals surface area (Å²) in [4.78, 5) is 14.6. The second-order valence-electron chi connectivity index (χ2n) is 6.43. The average Bonchev–Trinajstić information content (AvgIpc) is 3.11. The maximum atomic E-state index is 13.9. The van der Waals surface area contributed by atoms with E-state index in [-0.39, 0.29) is 17.6 Å². The molecule has 2 aromatic heterocycles. The van der Waals surface area contributed by atoms with Crippen LogP contribution in [0.1, 0.15) is 34.9 Å². The van der Waals surface area contributed by atoms with Gasteiger partial charge in [0.1, 0.15) is 5.82 Å². The van der Waals surface area contributed by atoms with Gasteiger partial charge in [-0.25, -0.2) is 4.39 Å². The van der Waals surface area contributed by atoms with Crippen LogP contribution in [-0.2, 0) is 0 Å². The third-order valence-corrected chi connectivity index (χ3v) is 4.81. The lowest BCUT2D eigenvalue weighted by molar-refractivity contribution is 0.0703. The number of amides is 1. The summed E-state index contributed by atoms with van der Waals surface area (Å²) in [6, 6.07) is 10.1. The number of carbonyl (C=O) groups excluding carboxylic acids is 1. The highest BCUT2D eigenvalue weighted by Gasteiger charge is 2.28. The summed E-state index contributed by atoms with van der Waals surface area (Å²) in [5, 5.41) is 8.52. The van der Waals surface area contributed by atoms with Crippen LogP contribution in [-0.4, -0.2) is 45.6 Å². The predicted octanol–water partition coefficient (Wildman–Crippen LogP) is 2.90. The number of pyridine rings is 1. The monoisotopic (exact) mass is 354 g/mol. The number of nitrogens with zero attached hydrogens (tertiary/aromatic N) is 4. The van der Waals surface area contributed by atoms with Gasteiger partial charge in [-0.1, -0.05) is 6.07 Å². The minimum Gasteiger partial charge on any atom is -0.494 e. The van der Waals surface area contributed by atoms with Crippen molar-refractivity contribution in [2.75, 3.05) is 20.2 Å². The molecule has 0 N–H and O–H groups in total. The van der Waals surface area contributed by atoms with Crippen molar-refractivity contribution in [3.63, 3.8) is 0 Å². The second-order valence-corrected chi connectivity index (χ2v) is 6.43. The lowest BCUT2D eigenvalue weighted by Gasteiger charge is -2.32. The number of carbonyl (C=O) groups is 1. The molecule has 1 atom stereocenters. The molecule has 0 bridgehead atoms. The first-order valence-corrected chi connectivity index (χ1v) is 8.60. The van der Waals surface area contributed by atoms with Gasteiger partial charge < -0.3 is 9.64 Å². The molecule has 0 spiro atoms. The Balaban J connectivity index is 1.56. The zero-order valence-electron chi connectivity index (χ0n) is 14.4. The van der Waals surface area contributed by atoms with Crippen LogP contribution in [0, 0.1) is 5.82 Å². The zero-order valence-corrected chi connectivity index (χ0v) is 14.4. The number of halogens is 1. The summed E-state index contributed by atoms with van der Waals surface area (Å²) in [6.07, 6.45) is 3.75. The molecule has 3 heterocycles. The molecule has 4 rings (SSSR count). The highest BCUT2D eigenvalue weighted by molar-refractivity contribution is 5.94. The molecule has 0 unspecified atom stereocenters. The van der Waals surface area contributed by atoms with E-state index in [9.17, 15) is 9.18 Å². The van der Waals surface area contributed by atoms with E-state index in [1.165, 1.54) is 19.2 Å². The number of hydrogen-bond acceptors (Lipinski definition) is 4. The van der Waals surface area contributed by atoms with Crippen molar-refractivity contribution in [2.24, 2.45) is 0 Å². The zero-order chi connectivity index (χ0) is 18.1. The third kappa shape index (κ3) is 2.89. The highest BCUT2D eigenvalue weighted by Crippen LogP contribution is 2.27. The Morgan fingerprint density at radius 2 is 2.15 bits per heavy atom. The van der Waals surface area contributed by atoms with Crippen LogP contribution in [0.2, 0.25) is 0 Å². The lowest BCUT2D eigenvalue weighted by Crippen LogP contribution is -2.39. The van der Waals surface area contributed by atoms with Gasteiger partial charge in [-0.15, -0.1) is 10.2 Å². The Morgan fingerprint density at radius 3 is 2.96 bits per heavy atom. The molecule has 0 aliphatic carbocycles. The van der Waals surface area contributed by atoms with Crippen LogP contribution < -0.4 is 4.74 Å². The van der Waals surface area contributed by atoms with E-state index in [0.29, 0.717) is 18.7 Å². The third-order valence-electron chi connectivity index (χ3n) is 4.81. The van der Waals surface area contributed by atoms with E-state index in [1.54, 1.807) is 11.0 Å². The van der Waals surface area contributed by atoms with Gasteiger partial charge in [0.25, 0.3) is 5.91 Å². The van der Waals surface area contributed by atoms with Gasteiger partial charge in [0.15, 0.2) is 17.2 Å². The number of likely N-dealkylation sites (tertiary alicyclic amines) is 1. The first-order chi connectivity index (χ1) is 12.7. The van der Waals surface area contributed by atoms with E-state index in [4.69, 9.17) is 4.74 Å². The van der Waals surface area contributed by atoms with Crippen molar-refractivity contribution < 1.29 is 13.9 Å². The SMILES string of the molecule is COc1ccc(C(=O)N2CCC[C@H](c3nnc4ccccn34)C2)cc1F. The standard InChI is InChI=1S/C19H19FN4O2/c1-26-16-8-7-13(11-15(16)20)19(25)23-9-4-5-14(12-23)18-22-21-17-6-2-3-10-24(17)18/h2-3,6-8,10-11,14H,4-5,9,12H2,1H3/t14-/m0/s1. The van der Waals surface area contributed by atoms with E-state index in [2.05, 4.69) is 10.2 Å². The number of fused-ring (bicyclic) bond motifs is 1. The summed E-state index contributed by atoms with van der Waals surface area (Å²) >= 11 is 0. The van der Waals surface area contributed by atoms with Crippen LogP contribution >= 0.6 is 0 Å². The minimum absolute atomic E-state index is 0.105. The van der Waals surface area contributed by atoms with Crippen molar-refractivity contribution in [1.29, 1.82) is 0 Å². The molecular weight excluding hydrogens is 335 g/mol. The van der Waals surface area contributed by atoms with Crippen LogP contribution in [0.25, 0.3) is 5.65 Å². The molecule has 134 valence electrons. The minimum atomic E-state index is -0.532. The summed E-state index contributed by atoms with van der Waals surface area (Å²) in [6.45, 7) is 1.20. The molecule has 3 aromatic rings. The molecular formula is C19H19FN4O2. The van der Waals surface area contributed by atoms with Crippen LogP contribution in [0.3, 0.4) is 0 Å². The number of piperidine rings is 1. The van der Waals surface area contributed by atoms with Crippen LogP contribution in [0.5, 0.6) is 5.75 Å². The molecule has 0 radical (unpaired) electrons. The fourth-order valence-electron chi connectivity index (χ4n) is 3.49. The largest absolute Gasteiger partial charge is 0.494 e. The van der Waals surface area contributed by atoms with Gasteiger partial charge in [0.05, 0.1) is 7.11 Å². The Kier molecular flexibility index (Phi) is 4.28. The first kappa shape index (κ1) is 16.5. The summed E-state index contributed by atoms with van der Waals surface area (Å²) < 4.78 is 20.8. The number of benzene rings is 1. The van der Waals surface area contributed by atoms with Crippen molar-refractivity contribution in [2.45, 2.75) is 18.8 Å². The summed E-state index contributed by atoms with van der Waals surface area (Å²) in [5.74, 6) is 0.389. The Bertz CT molecular complexity index is 956. The fourth-order valence-corrected chi connectivity index (χ4v) is 3.49. The molecule has 26 heavy (non-hydrogen) atoms. The molecule has 1 aliphatic rings. The number of hydrogen-bond donors (Lipinski definition) is 0. The van der Waals surface area contributed by atoms with Crippen LogP contribution in [0.4, 0.5) is 4.39 Å². The number of aromatic nitrogens is 3. The van der Waals surface area contributed by atoms with Gasteiger partial charge in [0.2, 0.25) is 0 Å². The Hall–Kier alpha value is -2.96. The molecule has 1 amide bonds. The second kappa shape index (κ2) is 6.74. The van der Waals surface area contributed by atoms with Gasteiger partial charge in [-0.05, 0) is 43.2 Å². The topological polar surface area (TPSA) is 59.7 Å². The van der Waals surface area contributed by atoms with E-state index >= 15 is 0 Å². The first-order valence-electron chi connectivity index (χ1n) is 8.60. The Morgan fingerprint density at radius 1 is 1.27 bits per heavy atom. The maximum absolute atomic E-state index is 13.9. The molecule has 0 saturated carbocycles. The van der Waals surface area contributed by atoms with Crippen molar-refractivity contribution in [3.05, 3.63) is 59.8 Å². The normalized spacial score (nSPS) is 17.5. The number of methoxy groups -OCH3 is 1. The highest BCUT2D eigenvalue weighted by atomic mass is 19.1. The van der Waals surface area contributed by atoms with E-state index in [1.807, 2.05) is 28.8 Å². The number of rotatable bonds is 3.